The third-order valence-electron chi connectivity index (χ3n) is 4.66. The first-order valence-electron chi connectivity index (χ1n) is 10.0. The molecule has 0 radical (unpaired) electrons. The van der Waals surface area contributed by atoms with E-state index in [1.54, 1.807) is 0 Å². The van der Waals surface area contributed by atoms with Crippen LogP contribution in [0.25, 0.3) is 10.8 Å². The maximum Gasteiger partial charge on any atom is 0.251 e. The molecule has 158 valence electrons. The molecule has 0 saturated carbocycles. The van der Waals surface area contributed by atoms with E-state index in [4.69, 9.17) is 0 Å². The van der Waals surface area contributed by atoms with Gasteiger partial charge >= 0.3 is 0 Å². The summed E-state index contributed by atoms with van der Waals surface area (Å²) in [5.74, 6) is -0.0314. The normalized spacial score (nSPS) is 11.0. The molecule has 0 aliphatic rings. The lowest BCUT2D eigenvalue weighted by Gasteiger charge is -2.05. The molecule has 1 amide bonds. The summed E-state index contributed by atoms with van der Waals surface area (Å²) >= 11 is 2.68. The number of thiazole rings is 1. The molecule has 8 heteroatoms. The number of nitrogens with zero attached hydrogens (tertiary/aromatic N) is 2. The molecule has 4 aromatic rings. The second-order valence-corrected chi connectivity index (χ2v) is 9.15. The number of carbonyl (C=O) groups is 1. The van der Waals surface area contributed by atoms with Crippen LogP contribution in [0.15, 0.2) is 64.7 Å². The van der Waals surface area contributed by atoms with Gasteiger partial charge in [-0.2, -0.15) is 0 Å². The molecule has 0 aliphatic heterocycles. The molecule has 2 heterocycles. The molecule has 2 aromatic carbocycles. The lowest BCUT2D eigenvalue weighted by atomic mass is 10.0. The number of anilines is 1. The number of thioether (sulfide) groups is 1. The molecular weight excluding hydrogens is 428 g/mol. The van der Waals surface area contributed by atoms with Crippen LogP contribution in [-0.2, 0) is 17.6 Å². The second kappa shape index (κ2) is 9.89. The summed E-state index contributed by atoms with van der Waals surface area (Å²) < 4.78 is 0. The highest BCUT2D eigenvalue weighted by molar-refractivity contribution is 7.99. The number of nitrogens with one attached hydrogen (secondary N) is 2. The zero-order chi connectivity index (χ0) is 21.6. The minimum atomic E-state index is -0.195. The Bertz CT molecular complexity index is 1260. The fraction of sp³-hybridized carbons (Fsp3) is 0.217. The van der Waals surface area contributed by atoms with Gasteiger partial charge < -0.3 is 10.3 Å². The number of H-pyrrole nitrogens is 1. The zero-order valence-electron chi connectivity index (χ0n) is 17.1. The van der Waals surface area contributed by atoms with Crippen molar-refractivity contribution in [1.29, 1.82) is 0 Å². The van der Waals surface area contributed by atoms with Crippen LogP contribution >= 0.6 is 23.1 Å². The highest BCUT2D eigenvalue weighted by Gasteiger charge is 2.10. The number of rotatable bonds is 8. The average Bonchev–Trinajstić information content (AvgIpc) is 3.19. The van der Waals surface area contributed by atoms with Gasteiger partial charge in [0.05, 0.1) is 5.75 Å². The number of aromatic amines is 1. The molecule has 0 unspecified atom stereocenters. The number of benzene rings is 2. The van der Waals surface area contributed by atoms with Gasteiger partial charge in [-0.15, -0.1) is 11.3 Å². The second-order valence-electron chi connectivity index (χ2n) is 7.08. The zero-order valence-corrected chi connectivity index (χ0v) is 18.7. The maximum absolute atomic E-state index is 12.3. The minimum absolute atomic E-state index is 0.150. The van der Waals surface area contributed by atoms with Crippen molar-refractivity contribution in [2.45, 2.75) is 31.3 Å². The van der Waals surface area contributed by atoms with Gasteiger partial charge in [0.25, 0.3) is 5.56 Å². The van der Waals surface area contributed by atoms with E-state index in [2.05, 4.69) is 50.6 Å². The Morgan fingerprint density at radius 3 is 2.90 bits per heavy atom. The summed E-state index contributed by atoms with van der Waals surface area (Å²) in [5, 5.41) is 6.31. The molecular formula is C23H22N4O2S2. The van der Waals surface area contributed by atoms with Gasteiger partial charge in [0, 0.05) is 29.3 Å². The highest BCUT2D eigenvalue weighted by atomic mass is 32.2. The van der Waals surface area contributed by atoms with Crippen LogP contribution in [0.3, 0.4) is 0 Å². The van der Waals surface area contributed by atoms with Crippen LogP contribution in [-0.4, -0.2) is 26.6 Å². The number of aromatic nitrogens is 3. The smallest absolute Gasteiger partial charge is 0.251 e. The summed E-state index contributed by atoms with van der Waals surface area (Å²) in [6.45, 7) is 2.03. The fourth-order valence-electron chi connectivity index (χ4n) is 3.31. The van der Waals surface area contributed by atoms with Gasteiger partial charge in [-0.3, -0.25) is 9.59 Å². The van der Waals surface area contributed by atoms with E-state index >= 15 is 0 Å². The van der Waals surface area contributed by atoms with E-state index in [-0.39, 0.29) is 17.2 Å². The van der Waals surface area contributed by atoms with Crippen LogP contribution in [0.4, 0.5) is 5.13 Å². The molecule has 0 bridgehead atoms. The number of carbonyl (C=O) groups excluding carboxylic acids is 1. The third-order valence-corrected chi connectivity index (χ3v) is 6.45. The first-order chi connectivity index (χ1) is 15.1. The number of aryl methyl sites for hydroxylation is 1. The molecule has 2 aromatic heterocycles. The Balaban J connectivity index is 1.36. The first kappa shape index (κ1) is 21.3. The molecule has 2 N–H and O–H groups in total. The summed E-state index contributed by atoms with van der Waals surface area (Å²) in [6, 6.07) is 16.1. The first-order valence-corrected chi connectivity index (χ1v) is 11.8. The van der Waals surface area contributed by atoms with Gasteiger partial charge in [-0.1, -0.05) is 67.6 Å². The lowest BCUT2D eigenvalue weighted by molar-refractivity contribution is -0.113. The molecule has 0 aliphatic carbocycles. The minimum Gasteiger partial charge on any atom is -0.301 e. The molecule has 31 heavy (non-hydrogen) atoms. The SMILES string of the molecule is CCCc1cc(=O)[nH]c(SCC(=O)Nc2ncc(Cc3cccc4ccccc34)s2)n1. The average molecular weight is 451 g/mol. The summed E-state index contributed by atoms with van der Waals surface area (Å²) in [5.41, 5.74) is 1.78. The number of amides is 1. The Morgan fingerprint density at radius 2 is 2.03 bits per heavy atom. The summed E-state index contributed by atoms with van der Waals surface area (Å²) in [6.07, 6.45) is 4.22. The van der Waals surface area contributed by atoms with Gasteiger partial charge in [-0.25, -0.2) is 9.97 Å². The Hall–Kier alpha value is -2.97. The van der Waals surface area contributed by atoms with Crippen molar-refractivity contribution in [1.82, 2.24) is 15.0 Å². The monoisotopic (exact) mass is 450 g/mol. The van der Waals surface area contributed by atoms with E-state index < -0.39 is 0 Å². The van der Waals surface area contributed by atoms with Crippen molar-refractivity contribution < 1.29 is 4.79 Å². The molecule has 0 saturated heterocycles. The molecule has 4 rings (SSSR count). The van der Waals surface area contributed by atoms with Crippen molar-refractivity contribution in [3.63, 3.8) is 0 Å². The number of hydrogen-bond acceptors (Lipinski definition) is 6. The van der Waals surface area contributed by atoms with Gasteiger partial charge in [0.15, 0.2) is 10.3 Å². The van der Waals surface area contributed by atoms with Gasteiger partial charge in [0.2, 0.25) is 5.91 Å². The largest absolute Gasteiger partial charge is 0.301 e. The summed E-state index contributed by atoms with van der Waals surface area (Å²) in [7, 11) is 0. The Labute approximate surface area is 188 Å². The van der Waals surface area contributed by atoms with Crippen LogP contribution < -0.4 is 10.9 Å². The number of fused-ring (bicyclic) bond motifs is 1. The topological polar surface area (TPSA) is 87.7 Å². The van der Waals surface area contributed by atoms with E-state index in [1.165, 1.54) is 45.5 Å². The molecule has 0 fully saturated rings. The van der Waals surface area contributed by atoms with Gasteiger partial charge in [0.1, 0.15) is 0 Å². The van der Waals surface area contributed by atoms with Crippen LogP contribution in [0.1, 0.15) is 29.5 Å². The predicted octanol–water partition coefficient (Wildman–Crippen LogP) is 4.65. The Kier molecular flexibility index (Phi) is 6.79. The lowest BCUT2D eigenvalue weighted by Crippen LogP contribution is -2.15. The van der Waals surface area contributed by atoms with Crippen LogP contribution in [0.5, 0.6) is 0 Å². The van der Waals surface area contributed by atoms with Crippen molar-refractivity contribution in [3.05, 3.63) is 81.2 Å². The van der Waals surface area contributed by atoms with E-state index in [0.29, 0.717) is 10.3 Å². The fourth-order valence-corrected chi connectivity index (χ4v) is 4.85. The van der Waals surface area contributed by atoms with Crippen molar-refractivity contribution >= 4 is 44.9 Å². The quantitative estimate of drug-likeness (QED) is 0.301. The standard InChI is InChI=1S/C23H22N4O2S2/c1-2-6-17-12-20(28)26-23(25-17)30-14-21(29)27-22-24-13-18(31-22)11-16-9-5-8-15-7-3-4-10-19(15)16/h3-5,7-10,12-13H,2,6,11,14H2,1H3,(H,24,27,29)(H,25,26,28). The molecule has 6 nitrogen and oxygen atoms in total. The van der Waals surface area contributed by atoms with Crippen LogP contribution in [0, 0.1) is 0 Å². The Morgan fingerprint density at radius 1 is 1.19 bits per heavy atom. The van der Waals surface area contributed by atoms with E-state index in [1.807, 2.05) is 25.3 Å². The van der Waals surface area contributed by atoms with Crippen molar-refractivity contribution in [2.75, 3.05) is 11.1 Å². The van der Waals surface area contributed by atoms with Gasteiger partial charge in [-0.05, 0) is 22.8 Å². The van der Waals surface area contributed by atoms with Crippen molar-refractivity contribution in [3.8, 4) is 0 Å². The molecule has 0 spiro atoms. The van der Waals surface area contributed by atoms with E-state index in [9.17, 15) is 9.59 Å². The predicted molar refractivity (Wildman–Crippen MR) is 127 cm³/mol. The molecule has 0 atom stereocenters. The van der Waals surface area contributed by atoms with Crippen LogP contribution in [0.2, 0.25) is 0 Å². The van der Waals surface area contributed by atoms with Crippen molar-refractivity contribution in [2.24, 2.45) is 0 Å². The highest BCUT2D eigenvalue weighted by Crippen LogP contribution is 2.26. The number of hydrogen-bond donors (Lipinski definition) is 2. The third kappa shape index (κ3) is 5.59. The van der Waals surface area contributed by atoms with E-state index in [0.717, 1.165) is 29.8 Å². The maximum atomic E-state index is 12.3. The summed E-state index contributed by atoms with van der Waals surface area (Å²) in [4.78, 5) is 36.6.